The highest BCUT2D eigenvalue weighted by Gasteiger charge is 2.18. The van der Waals surface area contributed by atoms with E-state index in [9.17, 15) is 0 Å². The highest BCUT2D eigenvalue weighted by molar-refractivity contribution is 5.51. The molecule has 21 heavy (non-hydrogen) atoms. The van der Waals surface area contributed by atoms with E-state index in [0.29, 0.717) is 24.1 Å². The van der Waals surface area contributed by atoms with E-state index in [1.54, 1.807) is 13.2 Å². The molecule has 1 aliphatic rings. The first-order valence-corrected chi connectivity index (χ1v) is 7.63. The van der Waals surface area contributed by atoms with Crippen molar-refractivity contribution in [1.82, 2.24) is 9.80 Å². The Morgan fingerprint density at radius 2 is 1.86 bits per heavy atom. The molecule has 1 aromatic carbocycles. The van der Waals surface area contributed by atoms with Gasteiger partial charge in [0.05, 0.1) is 7.11 Å². The number of nitrogen functional groups attached to an aromatic ring is 1. The molecule has 1 aromatic rings. The summed E-state index contributed by atoms with van der Waals surface area (Å²) in [5.41, 5.74) is 6.42. The lowest BCUT2D eigenvalue weighted by molar-refractivity contribution is 0.0967. The minimum absolute atomic E-state index is 0.641. The summed E-state index contributed by atoms with van der Waals surface area (Å²) in [4.78, 5) is 4.96. The van der Waals surface area contributed by atoms with Crippen LogP contribution in [-0.4, -0.2) is 62.3 Å². The van der Waals surface area contributed by atoms with Gasteiger partial charge in [0.15, 0.2) is 11.5 Å². The summed E-state index contributed by atoms with van der Waals surface area (Å²) in [5.74, 6) is 1.45. The van der Waals surface area contributed by atoms with Crippen LogP contribution in [0, 0.1) is 0 Å². The lowest BCUT2D eigenvalue weighted by atomic mass is 10.2. The van der Waals surface area contributed by atoms with Gasteiger partial charge in [-0.05, 0) is 26.0 Å². The fourth-order valence-corrected chi connectivity index (χ4v) is 2.59. The lowest BCUT2D eigenvalue weighted by Crippen LogP contribution is -2.49. The van der Waals surface area contributed by atoms with Crippen LogP contribution in [0.4, 0.5) is 5.69 Å². The Hall–Kier alpha value is -1.46. The van der Waals surface area contributed by atoms with Crippen molar-refractivity contribution >= 4 is 5.69 Å². The van der Waals surface area contributed by atoms with Gasteiger partial charge in [0.25, 0.3) is 0 Å². The number of nitrogens with two attached hydrogens (primary N) is 1. The summed E-state index contributed by atoms with van der Waals surface area (Å²) in [6.45, 7) is 10.6. The second kappa shape index (κ2) is 7.52. The maximum atomic E-state index is 5.82. The van der Waals surface area contributed by atoms with Crippen molar-refractivity contribution in [2.75, 3.05) is 52.2 Å². The predicted octanol–water partition coefficient (Wildman–Crippen LogP) is 1.68. The summed E-state index contributed by atoms with van der Waals surface area (Å²) in [6, 6.07) is 6.13. The Balaban J connectivity index is 1.75. The Labute approximate surface area is 127 Å². The number of benzene rings is 1. The number of ether oxygens (including phenoxy) is 2. The van der Waals surface area contributed by atoms with Crippen LogP contribution in [0.25, 0.3) is 0 Å². The maximum absolute atomic E-state index is 5.82. The van der Waals surface area contributed by atoms with Crippen molar-refractivity contribution < 1.29 is 9.47 Å². The van der Waals surface area contributed by atoms with Crippen LogP contribution in [0.2, 0.25) is 0 Å². The van der Waals surface area contributed by atoms with E-state index in [-0.39, 0.29) is 0 Å². The SMILES string of the molecule is COc1cc(N)ccc1OCCN1CCN(C(C)C)CC1. The van der Waals surface area contributed by atoms with E-state index >= 15 is 0 Å². The van der Waals surface area contributed by atoms with Gasteiger partial charge in [-0.15, -0.1) is 0 Å². The second-order valence-electron chi connectivity index (χ2n) is 5.73. The zero-order valence-electron chi connectivity index (χ0n) is 13.3. The van der Waals surface area contributed by atoms with E-state index in [1.807, 2.05) is 12.1 Å². The van der Waals surface area contributed by atoms with Gasteiger partial charge in [-0.1, -0.05) is 0 Å². The third kappa shape index (κ3) is 4.51. The Kier molecular flexibility index (Phi) is 5.70. The van der Waals surface area contributed by atoms with Crippen LogP contribution in [0.1, 0.15) is 13.8 Å². The lowest BCUT2D eigenvalue weighted by Gasteiger charge is -2.36. The minimum Gasteiger partial charge on any atom is -0.493 e. The molecule has 0 aliphatic carbocycles. The highest BCUT2D eigenvalue weighted by atomic mass is 16.5. The van der Waals surface area contributed by atoms with Crippen molar-refractivity contribution in [2.24, 2.45) is 0 Å². The van der Waals surface area contributed by atoms with Gasteiger partial charge in [-0.25, -0.2) is 0 Å². The number of rotatable bonds is 6. The van der Waals surface area contributed by atoms with Gasteiger partial charge >= 0.3 is 0 Å². The summed E-state index contributed by atoms with van der Waals surface area (Å²) >= 11 is 0. The average Bonchev–Trinajstić information content (AvgIpc) is 2.49. The molecule has 5 heteroatoms. The summed E-state index contributed by atoms with van der Waals surface area (Å²) in [5, 5.41) is 0. The average molecular weight is 293 g/mol. The number of nitrogens with zero attached hydrogens (tertiary/aromatic N) is 2. The van der Waals surface area contributed by atoms with Gasteiger partial charge in [0.1, 0.15) is 6.61 Å². The molecule has 0 aromatic heterocycles. The van der Waals surface area contributed by atoms with Crippen molar-refractivity contribution in [1.29, 1.82) is 0 Å². The fraction of sp³-hybridized carbons (Fsp3) is 0.625. The van der Waals surface area contributed by atoms with Crippen LogP contribution in [-0.2, 0) is 0 Å². The zero-order chi connectivity index (χ0) is 15.2. The fourth-order valence-electron chi connectivity index (χ4n) is 2.59. The van der Waals surface area contributed by atoms with Crippen LogP contribution in [0.3, 0.4) is 0 Å². The molecular weight excluding hydrogens is 266 g/mol. The van der Waals surface area contributed by atoms with Gasteiger partial charge in [-0.3, -0.25) is 9.80 Å². The van der Waals surface area contributed by atoms with Crippen molar-refractivity contribution in [3.8, 4) is 11.5 Å². The molecule has 0 saturated carbocycles. The number of methoxy groups -OCH3 is 1. The smallest absolute Gasteiger partial charge is 0.162 e. The maximum Gasteiger partial charge on any atom is 0.162 e. The van der Waals surface area contributed by atoms with Crippen molar-refractivity contribution in [2.45, 2.75) is 19.9 Å². The van der Waals surface area contributed by atoms with Gasteiger partial charge in [-0.2, -0.15) is 0 Å². The Morgan fingerprint density at radius 3 is 2.48 bits per heavy atom. The molecule has 118 valence electrons. The summed E-state index contributed by atoms with van der Waals surface area (Å²) < 4.78 is 11.1. The minimum atomic E-state index is 0.641. The van der Waals surface area contributed by atoms with Crippen LogP contribution < -0.4 is 15.2 Å². The molecule has 0 unspecified atom stereocenters. The first-order valence-electron chi connectivity index (χ1n) is 7.63. The van der Waals surface area contributed by atoms with E-state index in [2.05, 4.69) is 23.6 Å². The first-order chi connectivity index (χ1) is 10.1. The number of anilines is 1. The quantitative estimate of drug-likeness (QED) is 0.809. The molecule has 0 amide bonds. The molecule has 2 N–H and O–H groups in total. The van der Waals surface area contributed by atoms with Gasteiger partial charge in [0, 0.05) is 50.5 Å². The van der Waals surface area contributed by atoms with Crippen LogP contribution in [0.15, 0.2) is 18.2 Å². The highest BCUT2D eigenvalue weighted by Crippen LogP contribution is 2.28. The molecule has 0 atom stereocenters. The molecule has 5 nitrogen and oxygen atoms in total. The molecule has 0 bridgehead atoms. The third-order valence-corrected chi connectivity index (χ3v) is 3.99. The molecule has 1 heterocycles. The van der Waals surface area contributed by atoms with E-state index in [0.717, 1.165) is 38.5 Å². The predicted molar refractivity (Wildman–Crippen MR) is 86.1 cm³/mol. The van der Waals surface area contributed by atoms with E-state index in [1.165, 1.54) is 0 Å². The summed E-state index contributed by atoms with van der Waals surface area (Å²) in [6.07, 6.45) is 0. The van der Waals surface area contributed by atoms with E-state index < -0.39 is 0 Å². The first kappa shape index (κ1) is 15.9. The molecule has 1 fully saturated rings. The topological polar surface area (TPSA) is 51.0 Å². The van der Waals surface area contributed by atoms with Gasteiger partial charge < -0.3 is 15.2 Å². The third-order valence-electron chi connectivity index (χ3n) is 3.99. The van der Waals surface area contributed by atoms with Crippen molar-refractivity contribution in [3.63, 3.8) is 0 Å². The Bertz CT molecular complexity index is 443. The normalized spacial score (nSPS) is 17.1. The standard InChI is InChI=1S/C16H27N3O2/c1-13(2)19-8-6-18(7-9-19)10-11-21-15-5-4-14(17)12-16(15)20-3/h4-5,12-13H,6-11,17H2,1-3H3. The second-order valence-corrected chi connectivity index (χ2v) is 5.73. The summed E-state index contributed by atoms with van der Waals surface area (Å²) in [7, 11) is 1.63. The molecule has 1 saturated heterocycles. The molecule has 2 rings (SSSR count). The van der Waals surface area contributed by atoms with Crippen molar-refractivity contribution in [3.05, 3.63) is 18.2 Å². The Morgan fingerprint density at radius 1 is 1.14 bits per heavy atom. The van der Waals surface area contributed by atoms with Crippen LogP contribution in [0.5, 0.6) is 11.5 Å². The molecule has 0 radical (unpaired) electrons. The van der Waals surface area contributed by atoms with Gasteiger partial charge in [0.2, 0.25) is 0 Å². The molecule has 1 aliphatic heterocycles. The molecule has 0 spiro atoms. The van der Waals surface area contributed by atoms with Crippen LogP contribution >= 0.6 is 0 Å². The monoisotopic (exact) mass is 293 g/mol. The number of hydrogen-bond acceptors (Lipinski definition) is 5. The number of hydrogen-bond donors (Lipinski definition) is 1. The van der Waals surface area contributed by atoms with E-state index in [4.69, 9.17) is 15.2 Å². The zero-order valence-corrected chi connectivity index (χ0v) is 13.3. The molecular formula is C16H27N3O2. The number of piperazine rings is 1. The largest absolute Gasteiger partial charge is 0.493 e.